The van der Waals surface area contributed by atoms with Crippen molar-refractivity contribution in [3.63, 3.8) is 0 Å². The number of hydrogen-bond acceptors (Lipinski definition) is 1. The largest absolute Gasteiger partial charge is 0.431 e. The summed E-state index contributed by atoms with van der Waals surface area (Å²) in [6.45, 7) is 0. The molecule has 0 aliphatic heterocycles. The highest BCUT2D eigenvalue weighted by Gasteiger charge is 2.34. The number of H-pyrrole nitrogens is 1. The van der Waals surface area contributed by atoms with E-state index in [1.807, 2.05) is 0 Å². The fourth-order valence-electron chi connectivity index (χ4n) is 1.70. The highest BCUT2D eigenvalue weighted by Crippen LogP contribution is 2.34. The predicted octanol–water partition coefficient (Wildman–Crippen LogP) is 3.76. The molecule has 1 N–H and O–H groups in total. The Morgan fingerprint density at radius 2 is 1.23 bits per heavy atom. The van der Waals surface area contributed by atoms with Gasteiger partial charge in [-0.2, -0.15) is 13.2 Å². The smallest absolute Gasteiger partial charge is 0.318 e. The van der Waals surface area contributed by atoms with Gasteiger partial charge in [-0.3, -0.25) is 4.79 Å². The zero-order valence-electron chi connectivity index (χ0n) is 10.1. The van der Waals surface area contributed by atoms with Crippen LogP contribution >= 0.6 is 0 Å². The average Bonchev–Trinajstić information content (AvgIpc) is 2.42. The number of pyridine rings is 1. The van der Waals surface area contributed by atoms with Crippen LogP contribution in [-0.2, 0) is 6.18 Å². The van der Waals surface area contributed by atoms with E-state index in [4.69, 9.17) is 0 Å². The van der Waals surface area contributed by atoms with Crippen LogP contribution in [0.3, 0.4) is 0 Å². The van der Waals surface area contributed by atoms with E-state index in [0.29, 0.717) is 0 Å². The molecule has 2 aromatic rings. The van der Waals surface area contributed by atoms with Crippen molar-refractivity contribution >= 4 is 0 Å². The molecule has 0 bridgehead atoms. The van der Waals surface area contributed by atoms with Crippen molar-refractivity contribution in [1.29, 1.82) is 0 Å². The van der Waals surface area contributed by atoms with E-state index in [0.717, 1.165) is 0 Å². The highest BCUT2D eigenvalue weighted by atomic mass is 19.4. The van der Waals surface area contributed by atoms with Crippen LogP contribution < -0.4 is 5.56 Å². The van der Waals surface area contributed by atoms with Gasteiger partial charge < -0.3 is 4.98 Å². The molecule has 10 heteroatoms. The van der Waals surface area contributed by atoms with E-state index in [9.17, 15) is 39.9 Å². The van der Waals surface area contributed by atoms with Gasteiger partial charge in [-0.1, -0.05) is 0 Å². The summed E-state index contributed by atoms with van der Waals surface area (Å²) in [6.07, 6.45) is -5.08. The molecule has 0 aliphatic rings. The van der Waals surface area contributed by atoms with E-state index in [1.165, 1.54) is 4.98 Å². The molecule has 1 aromatic heterocycles. The van der Waals surface area contributed by atoms with Gasteiger partial charge in [0.1, 0.15) is 5.69 Å². The standard InChI is InChI=1S/C12H3F8NO/c13-7-6(8(14)10(16)11(17)9(7)15)3-1-4(12(18,19)20)21-5(22)2-3/h1-2H,(H,21,22). The molecule has 1 heterocycles. The minimum atomic E-state index is -5.08. The number of benzene rings is 1. The first-order chi connectivity index (χ1) is 10.0. The van der Waals surface area contributed by atoms with Gasteiger partial charge >= 0.3 is 6.18 Å². The Hall–Kier alpha value is -2.39. The Kier molecular flexibility index (Phi) is 3.71. The van der Waals surface area contributed by atoms with Crippen LogP contribution in [0.25, 0.3) is 11.1 Å². The summed E-state index contributed by atoms with van der Waals surface area (Å²) in [5, 5.41) is 0. The molecular weight excluding hydrogens is 326 g/mol. The maximum Gasteiger partial charge on any atom is 0.431 e. The van der Waals surface area contributed by atoms with Gasteiger partial charge in [0, 0.05) is 6.07 Å². The lowest BCUT2D eigenvalue weighted by atomic mass is 10.0. The van der Waals surface area contributed by atoms with Crippen LogP contribution in [0.1, 0.15) is 5.69 Å². The zero-order valence-corrected chi connectivity index (χ0v) is 10.1. The summed E-state index contributed by atoms with van der Waals surface area (Å²) in [6, 6.07) is 0.354. The second kappa shape index (κ2) is 5.11. The fraction of sp³-hybridized carbons (Fsp3) is 0.0833. The van der Waals surface area contributed by atoms with Crippen molar-refractivity contribution in [3.05, 3.63) is 57.3 Å². The van der Waals surface area contributed by atoms with Crippen LogP contribution in [0.4, 0.5) is 35.1 Å². The molecule has 0 atom stereocenters. The topological polar surface area (TPSA) is 32.9 Å². The number of aromatic nitrogens is 1. The maximum absolute atomic E-state index is 13.5. The van der Waals surface area contributed by atoms with Crippen LogP contribution in [0.15, 0.2) is 16.9 Å². The monoisotopic (exact) mass is 329 g/mol. The normalized spacial score (nSPS) is 11.8. The molecule has 0 fully saturated rings. The molecule has 0 spiro atoms. The molecule has 2 nitrogen and oxygen atoms in total. The molecule has 118 valence electrons. The van der Waals surface area contributed by atoms with Gasteiger partial charge in [-0.15, -0.1) is 0 Å². The predicted molar refractivity (Wildman–Crippen MR) is 57.3 cm³/mol. The lowest BCUT2D eigenvalue weighted by Crippen LogP contribution is -2.16. The Bertz CT molecular complexity index is 779. The Labute approximate surface area is 116 Å². The quantitative estimate of drug-likeness (QED) is 0.482. The van der Waals surface area contributed by atoms with Crippen molar-refractivity contribution in [2.45, 2.75) is 6.18 Å². The van der Waals surface area contributed by atoms with Crippen molar-refractivity contribution < 1.29 is 35.1 Å². The summed E-state index contributed by atoms with van der Waals surface area (Å²) < 4.78 is 104. The molecule has 0 aliphatic carbocycles. The summed E-state index contributed by atoms with van der Waals surface area (Å²) in [4.78, 5) is 12.5. The van der Waals surface area contributed by atoms with Gasteiger partial charge in [-0.05, 0) is 11.6 Å². The maximum atomic E-state index is 13.5. The summed E-state index contributed by atoms with van der Waals surface area (Å²) in [7, 11) is 0. The number of hydrogen-bond donors (Lipinski definition) is 1. The van der Waals surface area contributed by atoms with E-state index in [-0.39, 0.29) is 12.1 Å². The van der Waals surface area contributed by atoms with E-state index in [2.05, 4.69) is 0 Å². The van der Waals surface area contributed by atoms with E-state index >= 15 is 0 Å². The van der Waals surface area contributed by atoms with Gasteiger partial charge in [0.25, 0.3) is 0 Å². The van der Waals surface area contributed by atoms with Crippen LogP contribution in [-0.4, -0.2) is 4.98 Å². The second-order valence-electron chi connectivity index (χ2n) is 4.09. The molecule has 2 rings (SSSR count). The molecule has 0 amide bonds. The average molecular weight is 329 g/mol. The van der Waals surface area contributed by atoms with Crippen LogP contribution in [0.5, 0.6) is 0 Å². The number of rotatable bonds is 1. The SMILES string of the molecule is O=c1cc(-c2c(F)c(F)c(F)c(F)c2F)cc(C(F)(F)F)[nH]1. The highest BCUT2D eigenvalue weighted by molar-refractivity contribution is 5.65. The Balaban J connectivity index is 2.84. The summed E-state index contributed by atoms with van der Waals surface area (Å²) >= 11 is 0. The molecule has 0 unspecified atom stereocenters. The Morgan fingerprint density at radius 3 is 1.68 bits per heavy atom. The third-order valence-corrected chi connectivity index (χ3v) is 2.65. The number of nitrogens with one attached hydrogen (secondary N) is 1. The first-order valence-electron chi connectivity index (χ1n) is 5.37. The third kappa shape index (κ3) is 2.55. The minimum absolute atomic E-state index is 0.0691. The van der Waals surface area contributed by atoms with Crippen molar-refractivity contribution in [3.8, 4) is 11.1 Å². The first kappa shape index (κ1) is 16.0. The van der Waals surface area contributed by atoms with Gasteiger partial charge in [0.05, 0.1) is 5.56 Å². The first-order valence-corrected chi connectivity index (χ1v) is 5.37. The molecule has 0 saturated heterocycles. The fourth-order valence-corrected chi connectivity index (χ4v) is 1.70. The molecule has 1 aromatic carbocycles. The van der Waals surface area contributed by atoms with Crippen LogP contribution in [0, 0.1) is 29.1 Å². The van der Waals surface area contributed by atoms with Crippen LogP contribution in [0.2, 0.25) is 0 Å². The molecule has 22 heavy (non-hydrogen) atoms. The van der Waals surface area contributed by atoms with E-state index < -0.39 is 57.6 Å². The molecule has 0 saturated carbocycles. The zero-order chi connectivity index (χ0) is 16.8. The third-order valence-electron chi connectivity index (χ3n) is 2.65. The summed E-state index contributed by atoms with van der Waals surface area (Å²) in [5.41, 5.74) is -5.83. The van der Waals surface area contributed by atoms with Gasteiger partial charge in [0.15, 0.2) is 23.3 Å². The summed E-state index contributed by atoms with van der Waals surface area (Å²) in [5.74, 6) is -11.8. The second-order valence-corrected chi connectivity index (χ2v) is 4.09. The Morgan fingerprint density at radius 1 is 0.773 bits per heavy atom. The van der Waals surface area contributed by atoms with Crippen molar-refractivity contribution in [2.24, 2.45) is 0 Å². The van der Waals surface area contributed by atoms with Gasteiger partial charge in [0.2, 0.25) is 11.4 Å². The number of halogens is 8. The number of aromatic amines is 1. The molecule has 0 radical (unpaired) electrons. The van der Waals surface area contributed by atoms with Crippen molar-refractivity contribution in [1.82, 2.24) is 4.98 Å². The number of alkyl halides is 3. The van der Waals surface area contributed by atoms with Gasteiger partial charge in [-0.25, -0.2) is 22.0 Å². The lowest BCUT2D eigenvalue weighted by Gasteiger charge is -2.11. The minimum Gasteiger partial charge on any atom is -0.318 e. The van der Waals surface area contributed by atoms with Crippen molar-refractivity contribution in [2.75, 3.05) is 0 Å². The van der Waals surface area contributed by atoms with E-state index in [1.54, 1.807) is 0 Å². The molecular formula is C12H3F8NO. The lowest BCUT2D eigenvalue weighted by molar-refractivity contribution is -0.141.